The van der Waals surface area contributed by atoms with Crippen LogP contribution in [0.1, 0.15) is 18.4 Å². The Balaban J connectivity index is 2.39. The Morgan fingerprint density at radius 1 is 1.54 bits per heavy atom. The highest BCUT2D eigenvalue weighted by Gasteiger charge is 2.42. The molecule has 0 atom stereocenters. The zero-order valence-electron chi connectivity index (χ0n) is 6.84. The highest BCUT2D eigenvalue weighted by molar-refractivity contribution is 7.87. The van der Waals surface area contributed by atoms with E-state index in [1.807, 2.05) is 0 Å². The molecular weight excluding hydrogens is 192 g/mol. The summed E-state index contributed by atoms with van der Waals surface area (Å²) < 4.78 is 22.6. The molecule has 1 aliphatic rings. The van der Waals surface area contributed by atoms with E-state index in [-0.39, 0.29) is 0 Å². The van der Waals surface area contributed by atoms with Crippen LogP contribution >= 0.6 is 0 Å². The lowest BCUT2D eigenvalue weighted by atomic mass is 10.2. The molecule has 72 valence electrons. The van der Waals surface area contributed by atoms with Crippen molar-refractivity contribution < 1.29 is 13.5 Å². The van der Waals surface area contributed by atoms with Gasteiger partial charge in [0.05, 0.1) is 5.60 Å². The molecule has 0 spiro atoms. The zero-order valence-corrected chi connectivity index (χ0v) is 7.66. The van der Waals surface area contributed by atoms with Gasteiger partial charge in [0, 0.05) is 18.0 Å². The Hall–Kier alpha value is -0.850. The molecule has 1 aromatic heterocycles. The maximum atomic E-state index is 10.9. The van der Waals surface area contributed by atoms with Crippen molar-refractivity contribution in [2.45, 2.75) is 18.4 Å². The summed E-state index contributed by atoms with van der Waals surface area (Å²) in [4.78, 5) is 0. The van der Waals surface area contributed by atoms with Gasteiger partial charge in [0.2, 0.25) is 0 Å². The van der Waals surface area contributed by atoms with E-state index in [1.54, 1.807) is 6.07 Å². The summed E-state index contributed by atoms with van der Waals surface area (Å²) in [6, 6.07) is 1.57. The standard InChI is InChI=1S/C7H10N2O3S/c8-13(11,12)9-4-1-6(5-9)7(10)2-3-7/h1,4-5,10H,2-3H2,(H2,8,11,12). The van der Waals surface area contributed by atoms with Gasteiger partial charge in [-0.2, -0.15) is 8.42 Å². The maximum Gasteiger partial charge on any atom is 0.302 e. The van der Waals surface area contributed by atoms with E-state index < -0.39 is 15.8 Å². The van der Waals surface area contributed by atoms with Gasteiger partial charge in [-0.15, -0.1) is 0 Å². The van der Waals surface area contributed by atoms with Crippen LogP contribution in [0.2, 0.25) is 0 Å². The monoisotopic (exact) mass is 202 g/mol. The van der Waals surface area contributed by atoms with Crippen LogP contribution in [0.5, 0.6) is 0 Å². The van der Waals surface area contributed by atoms with Crippen molar-refractivity contribution in [3.05, 3.63) is 24.0 Å². The number of nitrogens with zero attached hydrogens (tertiary/aromatic N) is 1. The lowest BCUT2D eigenvalue weighted by Crippen LogP contribution is -2.20. The average molecular weight is 202 g/mol. The van der Waals surface area contributed by atoms with E-state index in [2.05, 4.69) is 0 Å². The summed E-state index contributed by atoms with van der Waals surface area (Å²) in [5, 5.41) is 14.5. The molecule has 0 bridgehead atoms. The fourth-order valence-corrected chi connectivity index (χ4v) is 1.71. The lowest BCUT2D eigenvalue weighted by Gasteiger charge is -2.02. The van der Waals surface area contributed by atoms with Crippen LogP contribution in [0, 0.1) is 0 Å². The molecule has 0 amide bonds. The van der Waals surface area contributed by atoms with Gasteiger partial charge in [-0.3, -0.25) is 0 Å². The molecule has 0 unspecified atom stereocenters. The van der Waals surface area contributed by atoms with Gasteiger partial charge in [0.1, 0.15) is 0 Å². The topological polar surface area (TPSA) is 85.3 Å². The first kappa shape index (κ1) is 8.74. The van der Waals surface area contributed by atoms with E-state index in [1.165, 1.54) is 12.4 Å². The molecule has 0 saturated heterocycles. The molecule has 6 heteroatoms. The number of aliphatic hydroxyl groups is 1. The molecular formula is C7H10N2O3S. The average Bonchev–Trinajstić information content (AvgIpc) is 2.60. The van der Waals surface area contributed by atoms with Crippen LogP contribution in [-0.4, -0.2) is 17.5 Å². The largest absolute Gasteiger partial charge is 0.385 e. The molecule has 0 aromatic carbocycles. The first-order valence-electron chi connectivity index (χ1n) is 3.86. The van der Waals surface area contributed by atoms with Crippen LogP contribution in [0.4, 0.5) is 0 Å². The summed E-state index contributed by atoms with van der Waals surface area (Å²) in [7, 11) is -3.71. The van der Waals surface area contributed by atoms with Crippen molar-refractivity contribution in [1.82, 2.24) is 3.97 Å². The second-order valence-corrected chi connectivity index (χ2v) is 4.76. The quantitative estimate of drug-likeness (QED) is 0.679. The Morgan fingerprint density at radius 3 is 2.54 bits per heavy atom. The molecule has 1 fully saturated rings. The summed E-state index contributed by atoms with van der Waals surface area (Å²) in [6.07, 6.45) is 4.05. The highest BCUT2D eigenvalue weighted by atomic mass is 32.2. The maximum absolute atomic E-state index is 10.9. The van der Waals surface area contributed by atoms with Crippen LogP contribution in [0.15, 0.2) is 18.5 Å². The first-order chi connectivity index (χ1) is 5.92. The number of rotatable bonds is 2. The van der Waals surface area contributed by atoms with Crippen LogP contribution in [0.25, 0.3) is 0 Å². The Bertz CT molecular complexity index is 430. The first-order valence-corrected chi connectivity index (χ1v) is 5.36. The molecule has 1 heterocycles. The predicted octanol–water partition coefficient (Wildman–Crippen LogP) is -0.479. The Labute approximate surface area is 76.0 Å². The normalized spacial score (nSPS) is 20.2. The van der Waals surface area contributed by atoms with Gasteiger partial charge in [-0.05, 0) is 18.9 Å². The third kappa shape index (κ3) is 1.48. The summed E-state index contributed by atoms with van der Waals surface area (Å²) in [5.41, 5.74) is -0.197. The van der Waals surface area contributed by atoms with Crippen LogP contribution < -0.4 is 5.14 Å². The molecule has 1 saturated carbocycles. The van der Waals surface area contributed by atoms with Gasteiger partial charge in [-0.1, -0.05) is 0 Å². The van der Waals surface area contributed by atoms with Crippen molar-refractivity contribution >= 4 is 10.2 Å². The molecule has 1 aliphatic carbocycles. The summed E-state index contributed by atoms with van der Waals surface area (Å²) in [6.45, 7) is 0. The summed E-state index contributed by atoms with van der Waals surface area (Å²) >= 11 is 0. The van der Waals surface area contributed by atoms with Crippen molar-refractivity contribution in [2.75, 3.05) is 0 Å². The van der Waals surface area contributed by atoms with E-state index in [0.717, 1.165) is 3.97 Å². The second-order valence-electron chi connectivity index (χ2n) is 3.31. The van der Waals surface area contributed by atoms with E-state index in [4.69, 9.17) is 5.14 Å². The van der Waals surface area contributed by atoms with E-state index in [9.17, 15) is 13.5 Å². The number of aromatic nitrogens is 1. The van der Waals surface area contributed by atoms with Gasteiger partial charge in [0.15, 0.2) is 0 Å². The van der Waals surface area contributed by atoms with Crippen LogP contribution in [-0.2, 0) is 15.8 Å². The molecule has 0 radical (unpaired) electrons. The van der Waals surface area contributed by atoms with Gasteiger partial charge < -0.3 is 5.11 Å². The van der Waals surface area contributed by atoms with Crippen LogP contribution in [0.3, 0.4) is 0 Å². The van der Waals surface area contributed by atoms with E-state index in [0.29, 0.717) is 18.4 Å². The van der Waals surface area contributed by atoms with Gasteiger partial charge >= 0.3 is 10.2 Å². The Morgan fingerprint density at radius 2 is 2.15 bits per heavy atom. The summed E-state index contributed by atoms with van der Waals surface area (Å²) in [5.74, 6) is 0. The minimum Gasteiger partial charge on any atom is -0.385 e. The third-order valence-corrected chi connectivity index (χ3v) is 3.04. The highest BCUT2D eigenvalue weighted by Crippen LogP contribution is 2.45. The second kappa shape index (κ2) is 2.34. The SMILES string of the molecule is NS(=O)(=O)n1ccc(C2(O)CC2)c1. The minimum absolute atomic E-state index is 0.613. The molecule has 0 aliphatic heterocycles. The van der Waals surface area contributed by atoms with Crippen molar-refractivity contribution in [3.8, 4) is 0 Å². The third-order valence-electron chi connectivity index (χ3n) is 2.22. The predicted molar refractivity (Wildman–Crippen MR) is 46.1 cm³/mol. The number of hydrogen-bond acceptors (Lipinski definition) is 3. The lowest BCUT2D eigenvalue weighted by molar-refractivity contribution is 0.151. The molecule has 13 heavy (non-hydrogen) atoms. The fourth-order valence-electron chi connectivity index (χ4n) is 1.22. The van der Waals surface area contributed by atoms with E-state index >= 15 is 0 Å². The molecule has 1 aromatic rings. The Kier molecular flexibility index (Phi) is 1.57. The fraction of sp³-hybridized carbons (Fsp3) is 0.429. The number of hydrogen-bond donors (Lipinski definition) is 2. The molecule has 2 rings (SSSR count). The van der Waals surface area contributed by atoms with Crippen molar-refractivity contribution in [2.24, 2.45) is 5.14 Å². The number of nitrogens with two attached hydrogens (primary N) is 1. The minimum atomic E-state index is -3.71. The molecule has 3 N–H and O–H groups in total. The van der Waals surface area contributed by atoms with Crippen molar-refractivity contribution in [3.63, 3.8) is 0 Å². The van der Waals surface area contributed by atoms with Crippen molar-refractivity contribution in [1.29, 1.82) is 0 Å². The smallest absolute Gasteiger partial charge is 0.302 e. The van der Waals surface area contributed by atoms with Gasteiger partial charge in [-0.25, -0.2) is 9.11 Å². The zero-order chi connectivity index (χ0) is 9.69. The van der Waals surface area contributed by atoms with Gasteiger partial charge in [0.25, 0.3) is 0 Å². The molecule has 5 nitrogen and oxygen atoms in total.